The molecule has 1 atom stereocenters. The van der Waals surface area contributed by atoms with Gasteiger partial charge in [0.1, 0.15) is 5.52 Å². The second kappa shape index (κ2) is 4.55. The summed E-state index contributed by atoms with van der Waals surface area (Å²) in [5, 5.41) is 3.43. The fourth-order valence-electron chi connectivity index (χ4n) is 2.26. The molecule has 6 nitrogen and oxygen atoms in total. The van der Waals surface area contributed by atoms with Crippen LogP contribution >= 0.6 is 0 Å². The van der Waals surface area contributed by atoms with Gasteiger partial charge >= 0.3 is 0 Å². The lowest BCUT2D eigenvalue weighted by Gasteiger charge is -2.23. The third kappa shape index (κ3) is 1.83. The number of fused-ring (bicyclic) bond motifs is 1. The summed E-state index contributed by atoms with van der Waals surface area (Å²) in [4.78, 5) is 8.86. The molecular formula is C12H16N4O2. The molecule has 1 saturated heterocycles. The predicted molar refractivity (Wildman–Crippen MR) is 66.6 cm³/mol. The van der Waals surface area contributed by atoms with Gasteiger partial charge < -0.3 is 19.4 Å². The second-order valence-corrected chi connectivity index (χ2v) is 4.36. The number of hydrogen-bond acceptors (Lipinski definition) is 5. The highest BCUT2D eigenvalue weighted by Crippen LogP contribution is 2.25. The van der Waals surface area contributed by atoms with E-state index in [9.17, 15) is 0 Å². The van der Waals surface area contributed by atoms with Gasteiger partial charge in [0.2, 0.25) is 5.88 Å². The van der Waals surface area contributed by atoms with Crippen molar-refractivity contribution in [3.05, 3.63) is 18.0 Å². The minimum absolute atomic E-state index is 0.185. The van der Waals surface area contributed by atoms with Gasteiger partial charge in [0.05, 0.1) is 32.6 Å². The van der Waals surface area contributed by atoms with Gasteiger partial charge in [0, 0.05) is 25.4 Å². The third-order valence-corrected chi connectivity index (χ3v) is 3.18. The Balaban J connectivity index is 2.07. The molecule has 18 heavy (non-hydrogen) atoms. The van der Waals surface area contributed by atoms with Crippen molar-refractivity contribution in [2.24, 2.45) is 7.05 Å². The Labute approximate surface area is 105 Å². The summed E-state index contributed by atoms with van der Waals surface area (Å²) in [6.07, 6.45) is 3.70. The zero-order valence-electron chi connectivity index (χ0n) is 10.5. The molecule has 1 unspecified atom stereocenters. The highest BCUT2D eigenvalue weighted by Gasteiger charge is 2.21. The normalized spacial score (nSPS) is 20.2. The Morgan fingerprint density at radius 2 is 2.44 bits per heavy atom. The van der Waals surface area contributed by atoms with Gasteiger partial charge in [0.15, 0.2) is 5.65 Å². The van der Waals surface area contributed by atoms with E-state index in [1.54, 1.807) is 13.3 Å². The van der Waals surface area contributed by atoms with Gasteiger partial charge in [-0.15, -0.1) is 0 Å². The number of hydrogen-bond donors (Lipinski definition) is 1. The van der Waals surface area contributed by atoms with E-state index < -0.39 is 0 Å². The van der Waals surface area contributed by atoms with Gasteiger partial charge in [-0.05, 0) is 0 Å². The fourth-order valence-corrected chi connectivity index (χ4v) is 2.26. The summed E-state index contributed by atoms with van der Waals surface area (Å²) in [6.45, 7) is 2.30. The molecule has 0 spiro atoms. The lowest BCUT2D eigenvalue weighted by molar-refractivity contribution is 0.0772. The molecule has 3 heterocycles. The van der Waals surface area contributed by atoms with Gasteiger partial charge in [-0.25, -0.2) is 4.98 Å². The standard InChI is InChI=1S/C12H16N4O2/c1-16-6-8(9-7-18-4-3-13-9)11-12(16)15-10(17-2)5-14-11/h5-6,9,13H,3-4,7H2,1-2H3. The molecule has 96 valence electrons. The summed E-state index contributed by atoms with van der Waals surface area (Å²) in [5.41, 5.74) is 2.86. The Morgan fingerprint density at radius 1 is 1.56 bits per heavy atom. The van der Waals surface area contributed by atoms with Crippen LogP contribution in [0.15, 0.2) is 12.4 Å². The monoisotopic (exact) mass is 248 g/mol. The van der Waals surface area contributed by atoms with Crippen molar-refractivity contribution >= 4 is 11.2 Å². The number of aryl methyl sites for hydroxylation is 1. The van der Waals surface area contributed by atoms with Crippen molar-refractivity contribution in [1.82, 2.24) is 19.9 Å². The van der Waals surface area contributed by atoms with Crippen molar-refractivity contribution in [3.63, 3.8) is 0 Å². The second-order valence-electron chi connectivity index (χ2n) is 4.36. The van der Waals surface area contributed by atoms with E-state index in [4.69, 9.17) is 9.47 Å². The molecule has 0 radical (unpaired) electrons. The maximum Gasteiger partial charge on any atom is 0.234 e. The lowest BCUT2D eigenvalue weighted by atomic mass is 10.1. The van der Waals surface area contributed by atoms with E-state index in [2.05, 4.69) is 21.5 Å². The van der Waals surface area contributed by atoms with Crippen LogP contribution in [0.2, 0.25) is 0 Å². The number of methoxy groups -OCH3 is 1. The maximum absolute atomic E-state index is 5.49. The van der Waals surface area contributed by atoms with Crippen LogP contribution in [0.1, 0.15) is 11.6 Å². The third-order valence-electron chi connectivity index (χ3n) is 3.18. The molecule has 0 amide bonds. The van der Waals surface area contributed by atoms with E-state index in [1.807, 2.05) is 11.6 Å². The summed E-state index contributed by atoms with van der Waals surface area (Å²) in [7, 11) is 3.56. The fraction of sp³-hybridized carbons (Fsp3) is 0.500. The van der Waals surface area contributed by atoms with Crippen LogP contribution in [0, 0.1) is 0 Å². The first-order valence-corrected chi connectivity index (χ1v) is 5.96. The quantitative estimate of drug-likeness (QED) is 0.845. The summed E-state index contributed by atoms with van der Waals surface area (Å²) in [5.74, 6) is 0.531. The molecule has 1 aliphatic rings. The first-order valence-electron chi connectivity index (χ1n) is 5.96. The van der Waals surface area contributed by atoms with Crippen molar-refractivity contribution in [1.29, 1.82) is 0 Å². The zero-order valence-corrected chi connectivity index (χ0v) is 10.5. The molecule has 6 heteroatoms. The van der Waals surface area contributed by atoms with E-state index in [0.717, 1.165) is 29.9 Å². The summed E-state index contributed by atoms with van der Waals surface area (Å²) < 4.78 is 12.6. The number of rotatable bonds is 2. The molecule has 3 rings (SSSR count). The number of ether oxygens (including phenoxy) is 2. The van der Waals surface area contributed by atoms with Crippen LogP contribution < -0.4 is 10.1 Å². The van der Waals surface area contributed by atoms with Crippen LogP contribution in [-0.4, -0.2) is 41.4 Å². The van der Waals surface area contributed by atoms with Crippen LogP contribution in [0.4, 0.5) is 0 Å². The molecule has 0 aromatic carbocycles. The number of nitrogens with one attached hydrogen (secondary N) is 1. The topological polar surface area (TPSA) is 61.2 Å². The number of aromatic nitrogens is 3. The van der Waals surface area contributed by atoms with Crippen LogP contribution in [0.3, 0.4) is 0 Å². The SMILES string of the molecule is COc1cnc2c(C3COCCN3)cn(C)c2n1. The van der Waals surface area contributed by atoms with Gasteiger partial charge in [-0.3, -0.25) is 0 Å². The minimum atomic E-state index is 0.185. The van der Waals surface area contributed by atoms with Crippen molar-refractivity contribution in [2.45, 2.75) is 6.04 Å². The lowest BCUT2D eigenvalue weighted by Crippen LogP contribution is -2.34. The maximum atomic E-state index is 5.49. The van der Waals surface area contributed by atoms with E-state index in [0.29, 0.717) is 12.5 Å². The largest absolute Gasteiger partial charge is 0.480 e. The average molecular weight is 248 g/mol. The number of morpholine rings is 1. The number of nitrogens with zero attached hydrogens (tertiary/aromatic N) is 3. The van der Waals surface area contributed by atoms with E-state index in [-0.39, 0.29) is 6.04 Å². The van der Waals surface area contributed by atoms with Crippen LogP contribution in [0.25, 0.3) is 11.2 Å². The molecule has 2 aromatic rings. The van der Waals surface area contributed by atoms with Gasteiger partial charge in [0.25, 0.3) is 0 Å². The van der Waals surface area contributed by atoms with Gasteiger partial charge in [-0.1, -0.05) is 0 Å². The molecule has 1 fully saturated rings. The highest BCUT2D eigenvalue weighted by atomic mass is 16.5. The van der Waals surface area contributed by atoms with Crippen molar-refractivity contribution in [2.75, 3.05) is 26.9 Å². The summed E-state index contributed by atoms with van der Waals surface area (Å²) in [6, 6.07) is 0.185. The first kappa shape index (κ1) is 11.4. The van der Waals surface area contributed by atoms with Crippen LogP contribution in [0.5, 0.6) is 5.88 Å². The molecule has 1 aliphatic heterocycles. The molecule has 1 N–H and O–H groups in total. The Kier molecular flexibility index (Phi) is 2.89. The first-order chi connectivity index (χ1) is 8.79. The average Bonchev–Trinajstić information content (AvgIpc) is 2.77. The molecule has 0 saturated carbocycles. The van der Waals surface area contributed by atoms with Gasteiger partial charge in [-0.2, -0.15) is 4.98 Å². The zero-order chi connectivity index (χ0) is 12.5. The minimum Gasteiger partial charge on any atom is -0.480 e. The van der Waals surface area contributed by atoms with Crippen molar-refractivity contribution in [3.8, 4) is 5.88 Å². The highest BCUT2D eigenvalue weighted by molar-refractivity contribution is 5.76. The predicted octanol–water partition coefficient (Wildman–Crippen LogP) is 0.638. The molecule has 2 aromatic heterocycles. The Morgan fingerprint density at radius 3 is 3.17 bits per heavy atom. The molecule has 0 bridgehead atoms. The Bertz CT molecular complexity index is 560. The molecular weight excluding hydrogens is 232 g/mol. The molecule has 0 aliphatic carbocycles. The smallest absolute Gasteiger partial charge is 0.234 e. The summed E-state index contributed by atoms with van der Waals surface area (Å²) >= 11 is 0. The van der Waals surface area contributed by atoms with E-state index >= 15 is 0 Å². The Hall–Kier alpha value is -1.66. The van der Waals surface area contributed by atoms with Crippen molar-refractivity contribution < 1.29 is 9.47 Å². The van der Waals surface area contributed by atoms with E-state index in [1.165, 1.54) is 0 Å². The van der Waals surface area contributed by atoms with Crippen LogP contribution in [-0.2, 0) is 11.8 Å².